The first-order chi connectivity index (χ1) is 18.1. The average molecular weight is 534 g/mol. The van der Waals surface area contributed by atoms with Gasteiger partial charge in [-0.3, -0.25) is 19.2 Å². The minimum absolute atomic E-state index is 0.0795. The number of aromatic amines is 1. The highest BCUT2D eigenvalue weighted by Gasteiger charge is 2.56. The molecule has 1 amide bonds. The van der Waals surface area contributed by atoms with E-state index >= 15 is 0 Å². The lowest BCUT2D eigenvalue weighted by Gasteiger charge is -2.26. The number of halogens is 1. The van der Waals surface area contributed by atoms with Gasteiger partial charge in [-0.1, -0.05) is 30.3 Å². The van der Waals surface area contributed by atoms with Crippen LogP contribution in [0.25, 0.3) is 0 Å². The minimum atomic E-state index is -1.17. The van der Waals surface area contributed by atoms with Crippen LogP contribution in [0.4, 0.5) is 9.18 Å². The third-order valence-electron chi connectivity index (χ3n) is 6.68. The Morgan fingerprint density at radius 1 is 1.13 bits per heavy atom. The SMILES string of the molecule is CC1(C)O[C@@H]2[C@H](O1)[C@@H](COC(=O)[C@@H]1CCCN1C(=O)OCc1ccccc1)O[C@H]2n1cc(F)c(=O)[nH]c1=O. The van der Waals surface area contributed by atoms with Crippen LogP contribution in [0.2, 0.25) is 0 Å². The molecule has 3 saturated heterocycles. The van der Waals surface area contributed by atoms with Crippen LogP contribution in [-0.2, 0) is 35.1 Å². The minimum Gasteiger partial charge on any atom is -0.461 e. The molecule has 0 radical (unpaired) electrons. The molecule has 1 aromatic heterocycles. The molecular weight excluding hydrogens is 505 g/mol. The van der Waals surface area contributed by atoms with Gasteiger partial charge in [0.25, 0.3) is 5.56 Å². The second kappa shape index (κ2) is 10.3. The van der Waals surface area contributed by atoms with Crippen molar-refractivity contribution in [2.45, 2.75) is 69.7 Å². The van der Waals surface area contributed by atoms with Crippen LogP contribution in [0.15, 0.2) is 46.1 Å². The molecule has 0 spiro atoms. The van der Waals surface area contributed by atoms with Crippen LogP contribution in [0, 0.1) is 5.82 Å². The molecule has 0 aliphatic carbocycles. The first kappa shape index (κ1) is 26.1. The summed E-state index contributed by atoms with van der Waals surface area (Å²) >= 11 is 0. The summed E-state index contributed by atoms with van der Waals surface area (Å²) in [6.07, 6.45) is -2.44. The van der Waals surface area contributed by atoms with Crippen LogP contribution in [-0.4, -0.2) is 69.8 Å². The largest absolute Gasteiger partial charge is 0.461 e. The fourth-order valence-corrected chi connectivity index (χ4v) is 4.96. The molecule has 0 saturated carbocycles. The molecule has 204 valence electrons. The molecule has 38 heavy (non-hydrogen) atoms. The highest BCUT2D eigenvalue weighted by atomic mass is 19.1. The van der Waals surface area contributed by atoms with E-state index in [1.165, 1.54) is 4.90 Å². The van der Waals surface area contributed by atoms with E-state index in [2.05, 4.69) is 0 Å². The van der Waals surface area contributed by atoms with Crippen LogP contribution in [0.1, 0.15) is 38.5 Å². The van der Waals surface area contributed by atoms with E-state index in [1.54, 1.807) is 13.8 Å². The predicted molar refractivity (Wildman–Crippen MR) is 126 cm³/mol. The van der Waals surface area contributed by atoms with Gasteiger partial charge in [0, 0.05) is 6.54 Å². The van der Waals surface area contributed by atoms with Crippen molar-refractivity contribution < 1.29 is 37.7 Å². The number of benzene rings is 1. The Balaban J connectivity index is 1.24. The van der Waals surface area contributed by atoms with Gasteiger partial charge >= 0.3 is 17.8 Å². The third-order valence-corrected chi connectivity index (χ3v) is 6.68. The number of fused-ring (bicyclic) bond motifs is 1. The number of aromatic nitrogens is 2. The van der Waals surface area contributed by atoms with Gasteiger partial charge in [-0.2, -0.15) is 4.39 Å². The summed E-state index contributed by atoms with van der Waals surface area (Å²) in [6, 6.07) is 8.37. The van der Waals surface area contributed by atoms with Crippen molar-refractivity contribution in [2.24, 2.45) is 0 Å². The maximum Gasteiger partial charge on any atom is 0.410 e. The number of rotatable bonds is 6. The summed E-state index contributed by atoms with van der Waals surface area (Å²) in [5.41, 5.74) is -1.22. The van der Waals surface area contributed by atoms with Gasteiger partial charge in [-0.15, -0.1) is 0 Å². The van der Waals surface area contributed by atoms with Crippen molar-refractivity contribution in [1.82, 2.24) is 14.5 Å². The van der Waals surface area contributed by atoms with Crippen molar-refractivity contribution in [3.05, 3.63) is 68.7 Å². The number of H-pyrrole nitrogens is 1. The maximum absolute atomic E-state index is 13.9. The monoisotopic (exact) mass is 533 g/mol. The quantitative estimate of drug-likeness (QED) is 0.547. The molecule has 5 rings (SSSR count). The van der Waals surface area contributed by atoms with Gasteiger partial charge in [-0.25, -0.2) is 14.4 Å². The van der Waals surface area contributed by atoms with E-state index < -0.39 is 65.5 Å². The molecule has 5 atom stereocenters. The molecular formula is C25H28FN3O9. The Morgan fingerprint density at radius 3 is 2.63 bits per heavy atom. The van der Waals surface area contributed by atoms with Crippen molar-refractivity contribution in [1.29, 1.82) is 0 Å². The summed E-state index contributed by atoms with van der Waals surface area (Å²) in [7, 11) is 0. The van der Waals surface area contributed by atoms with E-state index in [1.807, 2.05) is 35.3 Å². The topological polar surface area (TPSA) is 138 Å². The normalized spacial score (nSPS) is 27.8. The Hall–Kier alpha value is -3.55. The fourth-order valence-electron chi connectivity index (χ4n) is 4.96. The van der Waals surface area contributed by atoms with Crippen molar-refractivity contribution in [3.8, 4) is 0 Å². The van der Waals surface area contributed by atoms with E-state index in [-0.39, 0.29) is 13.2 Å². The number of amides is 1. The third kappa shape index (κ3) is 5.22. The van der Waals surface area contributed by atoms with Crippen LogP contribution in [0.5, 0.6) is 0 Å². The number of carbonyl (C=O) groups excluding carboxylic acids is 2. The Bertz CT molecular complexity index is 1310. The second-order valence-electron chi connectivity index (χ2n) is 9.80. The van der Waals surface area contributed by atoms with Gasteiger partial charge in [-0.05, 0) is 32.3 Å². The number of nitrogens with one attached hydrogen (secondary N) is 1. The highest BCUT2D eigenvalue weighted by molar-refractivity contribution is 5.82. The Kier molecular flexibility index (Phi) is 7.07. The summed E-state index contributed by atoms with van der Waals surface area (Å²) < 4.78 is 43.4. The molecule has 1 N–H and O–H groups in total. The Morgan fingerprint density at radius 2 is 1.87 bits per heavy atom. The highest BCUT2D eigenvalue weighted by Crippen LogP contribution is 2.42. The molecule has 12 nitrogen and oxygen atoms in total. The van der Waals surface area contributed by atoms with Gasteiger partial charge in [0.05, 0.1) is 6.20 Å². The van der Waals surface area contributed by atoms with Crippen LogP contribution in [0.3, 0.4) is 0 Å². The molecule has 4 heterocycles. The molecule has 3 aliphatic heterocycles. The smallest absolute Gasteiger partial charge is 0.410 e. The predicted octanol–water partition coefficient (Wildman–Crippen LogP) is 1.44. The van der Waals surface area contributed by atoms with Gasteiger partial charge in [0.2, 0.25) is 5.82 Å². The summed E-state index contributed by atoms with van der Waals surface area (Å²) in [4.78, 5) is 52.6. The number of esters is 1. The molecule has 2 aromatic rings. The standard InChI is InChI=1S/C25H28FN3O9/c1-25(2)37-18-17(36-21(19(18)38-25)29-11-15(26)20(30)27-23(29)32)13-34-22(31)16-9-6-10-28(16)24(33)35-12-14-7-4-3-5-8-14/h3-5,7-8,11,16-19,21H,6,9-10,12-13H2,1-2H3,(H,27,30,32)/t16-,17+,18+,19+,21+/m0/s1. The second-order valence-corrected chi connectivity index (χ2v) is 9.80. The Labute approximate surface area is 216 Å². The van der Waals surface area contributed by atoms with E-state index in [4.69, 9.17) is 23.7 Å². The molecule has 0 bridgehead atoms. The molecule has 13 heteroatoms. The fraction of sp³-hybridized carbons (Fsp3) is 0.520. The molecule has 1 aromatic carbocycles. The van der Waals surface area contributed by atoms with E-state index in [0.29, 0.717) is 19.4 Å². The molecule has 3 fully saturated rings. The number of ether oxygens (including phenoxy) is 5. The average Bonchev–Trinajstić information content (AvgIpc) is 3.58. The zero-order chi connectivity index (χ0) is 27.0. The van der Waals surface area contributed by atoms with E-state index in [0.717, 1.165) is 16.3 Å². The van der Waals surface area contributed by atoms with Gasteiger partial charge in [0.15, 0.2) is 12.0 Å². The number of carbonyl (C=O) groups is 2. The van der Waals surface area contributed by atoms with Crippen molar-refractivity contribution in [2.75, 3.05) is 13.2 Å². The number of nitrogens with zero attached hydrogens (tertiary/aromatic N) is 2. The number of hydrogen-bond acceptors (Lipinski definition) is 9. The number of likely N-dealkylation sites (tertiary alicyclic amines) is 1. The van der Waals surface area contributed by atoms with E-state index in [9.17, 15) is 23.6 Å². The van der Waals surface area contributed by atoms with Crippen LogP contribution < -0.4 is 11.2 Å². The molecule has 3 aliphatic rings. The first-order valence-electron chi connectivity index (χ1n) is 12.3. The van der Waals surface area contributed by atoms with Gasteiger partial charge < -0.3 is 23.7 Å². The van der Waals surface area contributed by atoms with Gasteiger partial charge in [0.1, 0.15) is 37.6 Å². The lowest BCUT2D eigenvalue weighted by Crippen LogP contribution is -2.43. The lowest BCUT2D eigenvalue weighted by molar-refractivity contribution is -0.203. The summed E-state index contributed by atoms with van der Waals surface area (Å²) in [6.45, 7) is 3.50. The number of hydrogen-bond donors (Lipinski definition) is 1. The van der Waals surface area contributed by atoms with Crippen molar-refractivity contribution >= 4 is 12.1 Å². The zero-order valence-corrected chi connectivity index (χ0v) is 20.8. The van der Waals surface area contributed by atoms with Crippen molar-refractivity contribution in [3.63, 3.8) is 0 Å². The lowest BCUT2D eigenvalue weighted by atomic mass is 10.1. The zero-order valence-electron chi connectivity index (χ0n) is 20.8. The summed E-state index contributed by atoms with van der Waals surface area (Å²) in [5, 5.41) is 0. The first-order valence-corrected chi connectivity index (χ1v) is 12.3. The maximum atomic E-state index is 13.9. The van der Waals surface area contributed by atoms with Crippen LogP contribution >= 0.6 is 0 Å². The molecule has 0 unspecified atom stereocenters. The summed E-state index contributed by atoms with van der Waals surface area (Å²) in [5.74, 6) is -2.85.